The molecule has 1 amide bonds. The molecule has 0 aliphatic carbocycles. The number of fused-ring (bicyclic) bond motifs is 2. The van der Waals surface area contributed by atoms with Crippen molar-refractivity contribution >= 4 is 46.5 Å². The second-order valence-electron chi connectivity index (χ2n) is 10.4. The molecule has 0 aliphatic heterocycles. The number of carbonyl (C=O) groups excluding carboxylic acids is 2. The van der Waals surface area contributed by atoms with E-state index in [9.17, 15) is 14.2 Å². The normalized spacial score (nSPS) is 14.1. The van der Waals surface area contributed by atoms with Gasteiger partial charge >= 0.3 is 6.09 Å². The number of ether oxygens (including phenoxy) is 1. The average molecular weight is 532 g/mol. The second-order valence-corrected chi connectivity index (χ2v) is 13.0. The van der Waals surface area contributed by atoms with E-state index in [1.54, 1.807) is 27.7 Å². The van der Waals surface area contributed by atoms with Gasteiger partial charge in [0.05, 0.1) is 6.61 Å². The summed E-state index contributed by atoms with van der Waals surface area (Å²) in [6.45, 7) is 8.90. The first-order valence-electron chi connectivity index (χ1n) is 12.7. The minimum Gasteiger partial charge on any atom is -0.444 e. The first-order chi connectivity index (χ1) is 18.0. The predicted molar refractivity (Wildman–Crippen MR) is 154 cm³/mol. The first kappa shape index (κ1) is 27.6. The van der Waals surface area contributed by atoms with Crippen molar-refractivity contribution in [3.05, 3.63) is 90.0 Å². The van der Waals surface area contributed by atoms with Crippen LogP contribution in [0, 0.1) is 0 Å². The minimum atomic E-state index is -3.40. The highest BCUT2D eigenvalue weighted by molar-refractivity contribution is 7.59. The van der Waals surface area contributed by atoms with Crippen molar-refractivity contribution in [3.63, 3.8) is 0 Å². The Morgan fingerprint density at radius 3 is 2.16 bits per heavy atom. The van der Waals surface area contributed by atoms with Gasteiger partial charge in [0.1, 0.15) is 11.3 Å². The van der Waals surface area contributed by atoms with Gasteiger partial charge in [0, 0.05) is 18.8 Å². The van der Waals surface area contributed by atoms with Crippen molar-refractivity contribution < 1.29 is 23.4 Å². The number of carbonyl (C=O) groups is 2. The summed E-state index contributed by atoms with van der Waals surface area (Å²) >= 11 is 0. The molecule has 1 N–H and O–H groups in total. The Kier molecular flexibility index (Phi) is 8.05. The Balaban J connectivity index is 1.79. The molecule has 4 rings (SSSR count). The van der Waals surface area contributed by atoms with Crippen LogP contribution in [0.15, 0.2) is 78.9 Å². The maximum atomic E-state index is 14.1. The third-order valence-corrected chi connectivity index (χ3v) is 8.52. The van der Waals surface area contributed by atoms with Gasteiger partial charge in [0.25, 0.3) is 0 Å². The fourth-order valence-electron chi connectivity index (χ4n) is 4.76. The second kappa shape index (κ2) is 11.1. The van der Waals surface area contributed by atoms with Crippen molar-refractivity contribution in [1.82, 2.24) is 0 Å². The molecule has 2 atom stereocenters. The van der Waals surface area contributed by atoms with Crippen LogP contribution in [-0.4, -0.2) is 30.7 Å². The van der Waals surface area contributed by atoms with E-state index in [4.69, 9.17) is 9.26 Å². The van der Waals surface area contributed by atoms with Crippen LogP contribution in [0.5, 0.6) is 0 Å². The topological polar surface area (TPSA) is 81.7 Å². The molecule has 0 fully saturated rings. The van der Waals surface area contributed by atoms with E-state index in [-0.39, 0.29) is 18.8 Å². The highest BCUT2D eigenvalue weighted by Crippen LogP contribution is 2.58. The predicted octanol–water partition coefficient (Wildman–Crippen LogP) is 8.14. The lowest BCUT2D eigenvalue weighted by Crippen LogP contribution is -2.27. The number of anilines is 1. The van der Waals surface area contributed by atoms with E-state index in [0.29, 0.717) is 16.8 Å². The lowest BCUT2D eigenvalue weighted by atomic mass is 9.95. The highest BCUT2D eigenvalue weighted by Gasteiger charge is 2.38. The fourth-order valence-corrected chi connectivity index (χ4v) is 6.76. The Morgan fingerprint density at radius 2 is 1.50 bits per heavy atom. The maximum Gasteiger partial charge on any atom is 0.412 e. The van der Waals surface area contributed by atoms with Crippen molar-refractivity contribution in [2.45, 2.75) is 45.4 Å². The van der Waals surface area contributed by atoms with Crippen LogP contribution in [0.25, 0.3) is 21.5 Å². The van der Waals surface area contributed by atoms with Crippen molar-refractivity contribution in [2.24, 2.45) is 0 Å². The number of nitrogens with one attached hydrogen (secondary N) is 1. The van der Waals surface area contributed by atoms with Gasteiger partial charge in [-0.3, -0.25) is 14.7 Å². The molecule has 0 saturated heterocycles. The van der Waals surface area contributed by atoms with Crippen LogP contribution >= 0.6 is 7.37 Å². The molecule has 0 saturated carbocycles. The van der Waals surface area contributed by atoms with Gasteiger partial charge in [-0.15, -0.1) is 0 Å². The molecule has 198 valence electrons. The summed E-state index contributed by atoms with van der Waals surface area (Å²) in [6.07, 6.45) is -0.656. The van der Waals surface area contributed by atoms with Crippen LogP contribution in [-0.2, 0) is 25.0 Å². The molecule has 0 aromatic heterocycles. The van der Waals surface area contributed by atoms with Crippen molar-refractivity contribution in [1.29, 1.82) is 0 Å². The van der Waals surface area contributed by atoms with Gasteiger partial charge in [0.2, 0.25) is 7.37 Å². The monoisotopic (exact) mass is 531 g/mol. The number of Topliss-reactive ketones (excluding diaryl/α,β-unsaturated/α-hetero) is 1. The third kappa shape index (κ3) is 6.32. The SMILES string of the molecule is CCOP(C)(=O)C(C(=O)Cc1cc2ccccc2cc1NC(=O)OC(C)(C)C)c1cccc2ccccc12. The number of benzene rings is 4. The largest absolute Gasteiger partial charge is 0.444 e. The lowest BCUT2D eigenvalue weighted by Gasteiger charge is -2.25. The van der Waals surface area contributed by atoms with Gasteiger partial charge in [-0.05, 0) is 72.5 Å². The highest BCUT2D eigenvalue weighted by atomic mass is 31.2. The zero-order valence-electron chi connectivity index (χ0n) is 22.5. The smallest absolute Gasteiger partial charge is 0.412 e. The summed E-state index contributed by atoms with van der Waals surface area (Å²) in [5.41, 5.74) is 0.124. The van der Waals surface area contributed by atoms with E-state index in [1.165, 1.54) is 6.66 Å². The molecule has 7 heteroatoms. The molecule has 38 heavy (non-hydrogen) atoms. The summed E-state index contributed by atoms with van der Waals surface area (Å²) in [6, 6.07) is 24.9. The summed E-state index contributed by atoms with van der Waals surface area (Å²) in [5.74, 6) is -0.247. The standard InChI is InChI=1S/C31H34NO5P/c1-6-36-38(5,35)29(26-17-11-15-21-12-9-10-16-25(21)26)28(33)20-24-18-22-13-7-8-14-23(22)19-27(24)32-30(34)37-31(2,3)4/h7-19,29H,6,20H2,1-5H3,(H,32,34). The van der Waals surface area contributed by atoms with E-state index in [1.807, 2.05) is 78.9 Å². The molecule has 0 radical (unpaired) electrons. The number of hydrogen-bond acceptors (Lipinski definition) is 5. The molecular formula is C31H34NO5P. The molecule has 0 bridgehead atoms. The van der Waals surface area contributed by atoms with E-state index in [0.717, 1.165) is 21.5 Å². The van der Waals surface area contributed by atoms with E-state index < -0.39 is 24.7 Å². The van der Waals surface area contributed by atoms with Crippen molar-refractivity contribution in [2.75, 3.05) is 18.6 Å². The van der Waals surface area contributed by atoms with Gasteiger partial charge in [0.15, 0.2) is 5.78 Å². The van der Waals surface area contributed by atoms with Gasteiger partial charge in [-0.1, -0.05) is 66.7 Å². The quantitative estimate of drug-likeness (QED) is 0.232. The Morgan fingerprint density at radius 1 is 0.895 bits per heavy atom. The Bertz CT molecular complexity index is 1530. The van der Waals surface area contributed by atoms with Crippen LogP contribution in [0.2, 0.25) is 0 Å². The third-order valence-electron chi connectivity index (χ3n) is 6.25. The van der Waals surface area contributed by atoms with E-state index in [2.05, 4.69) is 5.32 Å². The molecule has 4 aromatic carbocycles. The molecule has 2 unspecified atom stereocenters. The van der Waals surface area contributed by atoms with Crippen LogP contribution in [0.4, 0.5) is 10.5 Å². The Labute approximate surface area is 223 Å². The maximum absolute atomic E-state index is 14.1. The minimum absolute atomic E-state index is 0.0469. The van der Waals surface area contributed by atoms with E-state index >= 15 is 0 Å². The van der Waals surface area contributed by atoms with Gasteiger partial charge in [-0.25, -0.2) is 4.79 Å². The molecule has 0 aliphatic rings. The number of ketones is 1. The first-order valence-corrected chi connectivity index (χ1v) is 14.9. The van der Waals surface area contributed by atoms with Crippen LogP contribution < -0.4 is 5.32 Å². The number of amides is 1. The molecule has 0 heterocycles. The van der Waals surface area contributed by atoms with Gasteiger partial charge < -0.3 is 9.26 Å². The zero-order chi connectivity index (χ0) is 27.5. The molecule has 4 aromatic rings. The van der Waals surface area contributed by atoms with Gasteiger partial charge in [-0.2, -0.15) is 0 Å². The average Bonchev–Trinajstić information content (AvgIpc) is 2.83. The van der Waals surface area contributed by atoms with Crippen molar-refractivity contribution in [3.8, 4) is 0 Å². The Hall–Kier alpha value is -3.47. The fraction of sp³-hybridized carbons (Fsp3) is 0.290. The molecule has 6 nitrogen and oxygen atoms in total. The number of rotatable bonds is 8. The van der Waals surface area contributed by atoms with Crippen LogP contribution in [0.1, 0.15) is 44.5 Å². The van der Waals surface area contributed by atoms with Crippen LogP contribution in [0.3, 0.4) is 0 Å². The number of hydrogen-bond donors (Lipinski definition) is 1. The summed E-state index contributed by atoms with van der Waals surface area (Å²) in [5, 5.41) is 6.48. The zero-order valence-corrected chi connectivity index (χ0v) is 23.4. The summed E-state index contributed by atoms with van der Waals surface area (Å²) < 4.78 is 25.1. The summed E-state index contributed by atoms with van der Waals surface area (Å²) in [7, 11) is -3.40. The molecular weight excluding hydrogens is 497 g/mol. The molecule has 0 spiro atoms. The lowest BCUT2D eigenvalue weighted by molar-refractivity contribution is -0.118. The summed E-state index contributed by atoms with van der Waals surface area (Å²) in [4.78, 5) is 26.8.